The maximum Gasteiger partial charge on any atom is 0.339 e. The molecule has 100 valence electrons. The van der Waals surface area contributed by atoms with Crippen LogP contribution in [0.3, 0.4) is 0 Å². The van der Waals surface area contributed by atoms with Crippen molar-refractivity contribution >= 4 is 17.6 Å². The average molecular weight is 277 g/mol. The van der Waals surface area contributed by atoms with Crippen LogP contribution in [-0.2, 0) is 9.47 Å². The molecular weight excluding hydrogens is 264 g/mol. The van der Waals surface area contributed by atoms with E-state index in [0.717, 1.165) is 0 Å². The van der Waals surface area contributed by atoms with Crippen LogP contribution >= 0.6 is 11.6 Å². The third-order valence-corrected chi connectivity index (χ3v) is 2.30. The second kappa shape index (κ2) is 7.05. The lowest BCUT2D eigenvalue weighted by atomic mass is 10.2. The number of rotatable bonds is 7. The van der Waals surface area contributed by atoms with Gasteiger partial charge in [-0.2, -0.15) is 0 Å². The van der Waals surface area contributed by atoms with Crippen LogP contribution in [0.25, 0.3) is 0 Å². The molecule has 0 aliphatic carbocycles. The Morgan fingerprint density at radius 1 is 1.22 bits per heavy atom. The maximum absolute atomic E-state index is 11.0. The van der Waals surface area contributed by atoms with Gasteiger partial charge in [0.05, 0.1) is 0 Å². The molecule has 0 amide bonds. The normalized spacial score (nSPS) is 10.2. The lowest BCUT2D eigenvalue weighted by Crippen LogP contribution is -2.08. The minimum absolute atomic E-state index is 0.000352. The second-order valence-electron chi connectivity index (χ2n) is 3.16. The molecule has 6 nitrogen and oxygen atoms in total. The van der Waals surface area contributed by atoms with E-state index in [0.29, 0.717) is 0 Å². The van der Waals surface area contributed by atoms with Crippen molar-refractivity contribution in [2.24, 2.45) is 0 Å². The lowest BCUT2D eigenvalue weighted by molar-refractivity contribution is 0.0446. The molecule has 0 radical (unpaired) electrons. The van der Waals surface area contributed by atoms with Crippen LogP contribution < -0.4 is 9.47 Å². The molecule has 0 heterocycles. The predicted molar refractivity (Wildman–Crippen MR) is 63.4 cm³/mol. The molecule has 0 atom stereocenters. The van der Waals surface area contributed by atoms with E-state index in [9.17, 15) is 4.79 Å². The van der Waals surface area contributed by atoms with Crippen molar-refractivity contribution in [3.05, 3.63) is 22.7 Å². The third kappa shape index (κ3) is 3.49. The molecule has 0 unspecified atom stereocenters. The maximum atomic E-state index is 11.0. The number of benzene rings is 1. The van der Waals surface area contributed by atoms with Crippen LogP contribution in [0.2, 0.25) is 5.02 Å². The van der Waals surface area contributed by atoms with Gasteiger partial charge >= 0.3 is 5.97 Å². The molecule has 1 aromatic rings. The summed E-state index contributed by atoms with van der Waals surface area (Å²) >= 11 is 6.01. The zero-order valence-corrected chi connectivity index (χ0v) is 10.7. The zero-order valence-electron chi connectivity index (χ0n) is 9.94. The first-order valence-electron chi connectivity index (χ1n) is 4.91. The van der Waals surface area contributed by atoms with Crippen molar-refractivity contribution in [3.8, 4) is 11.5 Å². The molecule has 0 spiro atoms. The van der Waals surface area contributed by atoms with Gasteiger partial charge in [-0.05, 0) is 12.1 Å². The molecule has 0 bridgehead atoms. The SMILES string of the molecule is COCOc1ccc(C(=O)O)c(OCOC)c1Cl. The van der Waals surface area contributed by atoms with Gasteiger partial charge in [-0.15, -0.1) is 0 Å². The van der Waals surface area contributed by atoms with Crippen LogP contribution in [-0.4, -0.2) is 38.9 Å². The Morgan fingerprint density at radius 3 is 2.39 bits per heavy atom. The van der Waals surface area contributed by atoms with Crippen LogP contribution in [0.1, 0.15) is 10.4 Å². The largest absolute Gasteiger partial charge is 0.478 e. The first-order chi connectivity index (χ1) is 8.61. The Hall–Kier alpha value is -1.50. The monoisotopic (exact) mass is 276 g/mol. The van der Waals surface area contributed by atoms with E-state index in [4.69, 9.17) is 35.7 Å². The number of methoxy groups -OCH3 is 2. The van der Waals surface area contributed by atoms with E-state index in [-0.39, 0.29) is 35.7 Å². The predicted octanol–water partition coefficient (Wildman–Crippen LogP) is 2.00. The van der Waals surface area contributed by atoms with Crippen LogP contribution in [0.4, 0.5) is 0 Å². The zero-order chi connectivity index (χ0) is 13.5. The van der Waals surface area contributed by atoms with Gasteiger partial charge in [0.25, 0.3) is 0 Å². The minimum atomic E-state index is -1.15. The van der Waals surface area contributed by atoms with Crippen molar-refractivity contribution < 1.29 is 28.8 Å². The van der Waals surface area contributed by atoms with Gasteiger partial charge in [-0.3, -0.25) is 0 Å². The van der Waals surface area contributed by atoms with Crippen molar-refractivity contribution in [1.29, 1.82) is 0 Å². The van der Waals surface area contributed by atoms with Gasteiger partial charge in [0, 0.05) is 14.2 Å². The fraction of sp³-hybridized carbons (Fsp3) is 0.364. The summed E-state index contributed by atoms with van der Waals surface area (Å²) < 4.78 is 19.8. The van der Waals surface area contributed by atoms with Crippen molar-refractivity contribution in [2.75, 3.05) is 27.8 Å². The number of carbonyl (C=O) groups is 1. The number of ether oxygens (including phenoxy) is 4. The summed E-state index contributed by atoms with van der Waals surface area (Å²) in [4.78, 5) is 11.0. The lowest BCUT2D eigenvalue weighted by Gasteiger charge is -2.13. The molecule has 1 aromatic carbocycles. The molecule has 7 heteroatoms. The molecule has 0 fully saturated rings. The summed E-state index contributed by atoms with van der Waals surface area (Å²) in [7, 11) is 2.88. The molecule has 0 aliphatic heterocycles. The quantitative estimate of drug-likeness (QED) is 0.768. The van der Waals surface area contributed by atoms with Gasteiger partial charge in [0.2, 0.25) is 0 Å². The molecule has 1 rings (SSSR count). The smallest absolute Gasteiger partial charge is 0.339 e. The first kappa shape index (κ1) is 14.6. The molecule has 1 N–H and O–H groups in total. The molecule has 0 saturated carbocycles. The Labute approximate surface area is 109 Å². The van der Waals surface area contributed by atoms with E-state index in [2.05, 4.69) is 0 Å². The summed E-state index contributed by atoms with van der Waals surface area (Å²) in [5, 5.41) is 9.07. The molecule has 0 aromatic heterocycles. The van der Waals surface area contributed by atoms with E-state index in [1.807, 2.05) is 0 Å². The number of carboxylic acids is 1. The van der Waals surface area contributed by atoms with Gasteiger partial charge in [0.1, 0.15) is 16.3 Å². The molecular formula is C11H13ClO6. The van der Waals surface area contributed by atoms with Gasteiger partial charge in [0.15, 0.2) is 19.3 Å². The standard InChI is InChI=1S/C11H13ClO6/c1-15-5-17-8-4-3-7(11(13)14)10(9(8)12)18-6-16-2/h3-4H,5-6H2,1-2H3,(H,13,14). The van der Waals surface area contributed by atoms with Gasteiger partial charge in [-0.1, -0.05) is 11.6 Å². The van der Waals surface area contributed by atoms with Crippen LogP contribution in [0.5, 0.6) is 11.5 Å². The number of hydrogen-bond acceptors (Lipinski definition) is 5. The summed E-state index contributed by atoms with van der Waals surface area (Å²) in [6.45, 7) is -0.121. The number of aromatic carboxylic acids is 1. The van der Waals surface area contributed by atoms with Crippen molar-refractivity contribution in [2.45, 2.75) is 0 Å². The number of halogens is 1. The Balaban J connectivity index is 3.08. The first-order valence-corrected chi connectivity index (χ1v) is 5.28. The van der Waals surface area contributed by atoms with Crippen LogP contribution in [0, 0.1) is 0 Å². The molecule has 18 heavy (non-hydrogen) atoms. The van der Waals surface area contributed by atoms with E-state index in [1.54, 1.807) is 0 Å². The van der Waals surface area contributed by atoms with E-state index < -0.39 is 5.97 Å². The Morgan fingerprint density at radius 2 is 1.83 bits per heavy atom. The number of hydrogen-bond donors (Lipinski definition) is 1. The van der Waals surface area contributed by atoms with Crippen molar-refractivity contribution in [3.63, 3.8) is 0 Å². The highest BCUT2D eigenvalue weighted by molar-refractivity contribution is 6.34. The van der Waals surface area contributed by atoms with E-state index >= 15 is 0 Å². The highest BCUT2D eigenvalue weighted by Crippen LogP contribution is 2.37. The summed E-state index contributed by atoms with van der Waals surface area (Å²) in [5.74, 6) is -0.879. The Bertz CT molecular complexity index is 420. The highest BCUT2D eigenvalue weighted by Gasteiger charge is 2.19. The number of carboxylic acid groups (broad SMARTS) is 1. The van der Waals surface area contributed by atoms with E-state index in [1.165, 1.54) is 26.4 Å². The van der Waals surface area contributed by atoms with Crippen molar-refractivity contribution in [1.82, 2.24) is 0 Å². The summed E-state index contributed by atoms with van der Waals surface area (Å²) in [6.07, 6.45) is 0. The summed E-state index contributed by atoms with van der Waals surface area (Å²) in [5.41, 5.74) is -0.0678. The third-order valence-electron chi connectivity index (χ3n) is 1.95. The second-order valence-corrected chi connectivity index (χ2v) is 3.54. The Kier molecular flexibility index (Phi) is 5.70. The fourth-order valence-corrected chi connectivity index (χ4v) is 1.47. The fourth-order valence-electron chi connectivity index (χ4n) is 1.20. The van der Waals surface area contributed by atoms with Crippen LogP contribution in [0.15, 0.2) is 12.1 Å². The highest BCUT2D eigenvalue weighted by atomic mass is 35.5. The molecule has 0 aliphatic rings. The van der Waals surface area contributed by atoms with Gasteiger partial charge in [-0.25, -0.2) is 4.79 Å². The topological polar surface area (TPSA) is 74.2 Å². The average Bonchev–Trinajstić information content (AvgIpc) is 2.35. The van der Waals surface area contributed by atoms with Gasteiger partial charge < -0.3 is 24.1 Å². The minimum Gasteiger partial charge on any atom is -0.478 e. The summed E-state index contributed by atoms with van der Waals surface area (Å²) in [6, 6.07) is 2.77. The molecule has 0 saturated heterocycles.